The van der Waals surface area contributed by atoms with Gasteiger partial charge in [-0.3, -0.25) is 9.69 Å². The first-order valence-electron chi connectivity index (χ1n) is 9.23. The molecule has 2 fully saturated rings. The number of hydrogen-bond donors (Lipinski definition) is 0. The van der Waals surface area contributed by atoms with E-state index in [0.29, 0.717) is 5.69 Å². The minimum Gasteiger partial charge on any atom is -0.335 e. The Labute approximate surface area is 148 Å². The van der Waals surface area contributed by atoms with Crippen LogP contribution < -0.4 is 0 Å². The van der Waals surface area contributed by atoms with E-state index < -0.39 is 0 Å². The number of fused-ring (bicyclic) bond motifs is 1. The summed E-state index contributed by atoms with van der Waals surface area (Å²) < 4.78 is 1.99. The van der Waals surface area contributed by atoms with E-state index in [4.69, 9.17) is 0 Å². The number of imidazole rings is 1. The lowest BCUT2D eigenvalue weighted by Gasteiger charge is -2.45. The Hall–Kier alpha value is -2.14. The van der Waals surface area contributed by atoms with Crippen molar-refractivity contribution in [1.29, 1.82) is 0 Å². The van der Waals surface area contributed by atoms with Crippen LogP contribution in [0, 0.1) is 6.92 Å². The van der Waals surface area contributed by atoms with E-state index in [1.165, 1.54) is 19.3 Å². The van der Waals surface area contributed by atoms with Crippen LogP contribution in [0.25, 0.3) is 5.65 Å². The molecule has 0 saturated carbocycles. The van der Waals surface area contributed by atoms with Crippen LogP contribution in [0.15, 0.2) is 37.1 Å². The van der Waals surface area contributed by atoms with Crippen molar-refractivity contribution in [1.82, 2.24) is 19.2 Å². The molecule has 1 unspecified atom stereocenters. The molecular weight excluding hydrogens is 312 g/mol. The van der Waals surface area contributed by atoms with E-state index in [1.54, 1.807) is 0 Å². The second kappa shape index (κ2) is 6.30. The minimum atomic E-state index is 0.0747. The van der Waals surface area contributed by atoms with Gasteiger partial charge in [0.25, 0.3) is 5.91 Å². The summed E-state index contributed by atoms with van der Waals surface area (Å²) >= 11 is 0. The highest BCUT2D eigenvalue weighted by Gasteiger charge is 2.44. The molecule has 0 radical (unpaired) electrons. The van der Waals surface area contributed by atoms with Crippen molar-refractivity contribution in [2.45, 2.75) is 38.1 Å². The molecule has 2 aliphatic rings. The Balaban J connectivity index is 1.61. The first-order valence-corrected chi connectivity index (χ1v) is 9.23. The quantitative estimate of drug-likeness (QED) is 0.808. The third-order valence-corrected chi connectivity index (χ3v) is 5.90. The fraction of sp³-hybridized carbons (Fsp3) is 0.500. The van der Waals surface area contributed by atoms with Crippen LogP contribution in [-0.2, 0) is 0 Å². The lowest BCUT2D eigenvalue weighted by molar-refractivity contribution is 0.0362. The predicted octanol–water partition coefficient (Wildman–Crippen LogP) is 2.90. The number of carbonyl (C=O) groups is 1. The van der Waals surface area contributed by atoms with Crippen molar-refractivity contribution in [2.24, 2.45) is 0 Å². The summed E-state index contributed by atoms with van der Waals surface area (Å²) in [6.45, 7) is 9.55. The summed E-state index contributed by atoms with van der Waals surface area (Å²) in [4.78, 5) is 22.4. The van der Waals surface area contributed by atoms with E-state index in [1.807, 2.05) is 46.7 Å². The molecule has 2 aromatic rings. The van der Waals surface area contributed by atoms with Gasteiger partial charge < -0.3 is 9.30 Å². The third kappa shape index (κ3) is 2.67. The van der Waals surface area contributed by atoms with Gasteiger partial charge in [0.1, 0.15) is 11.3 Å². The van der Waals surface area contributed by atoms with E-state index >= 15 is 0 Å². The zero-order valence-electron chi connectivity index (χ0n) is 14.9. The number of likely N-dealkylation sites (tertiary alicyclic amines) is 2. The molecule has 0 N–H and O–H groups in total. The number of amides is 1. The monoisotopic (exact) mass is 338 g/mol. The summed E-state index contributed by atoms with van der Waals surface area (Å²) in [5, 5.41) is 0. The van der Waals surface area contributed by atoms with Crippen LogP contribution in [0.2, 0.25) is 0 Å². The highest BCUT2D eigenvalue weighted by Crippen LogP contribution is 2.37. The molecule has 4 heterocycles. The topological polar surface area (TPSA) is 40.8 Å². The van der Waals surface area contributed by atoms with Crippen LogP contribution in [0.1, 0.15) is 41.9 Å². The highest BCUT2D eigenvalue weighted by molar-refractivity contribution is 5.94. The van der Waals surface area contributed by atoms with Gasteiger partial charge in [-0.25, -0.2) is 4.98 Å². The number of aryl methyl sites for hydroxylation is 1. The summed E-state index contributed by atoms with van der Waals surface area (Å²) in [5.41, 5.74) is 2.49. The molecule has 0 aliphatic carbocycles. The Bertz CT molecular complexity index is 811. The van der Waals surface area contributed by atoms with Gasteiger partial charge in [-0.15, -0.1) is 6.58 Å². The van der Waals surface area contributed by atoms with E-state index in [-0.39, 0.29) is 11.4 Å². The van der Waals surface area contributed by atoms with Gasteiger partial charge in [0.05, 0.1) is 5.69 Å². The van der Waals surface area contributed by atoms with Crippen molar-refractivity contribution in [2.75, 3.05) is 26.2 Å². The minimum absolute atomic E-state index is 0.0747. The molecule has 4 rings (SSSR count). The fourth-order valence-electron chi connectivity index (χ4n) is 4.65. The molecule has 132 valence electrons. The Morgan fingerprint density at radius 2 is 2.12 bits per heavy atom. The Kier molecular flexibility index (Phi) is 4.12. The van der Waals surface area contributed by atoms with Crippen LogP contribution in [0.5, 0.6) is 0 Å². The van der Waals surface area contributed by atoms with Crippen molar-refractivity contribution in [3.05, 3.63) is 48.4 Å². The van der Waals surface area contributed by atoms with E-state index in [2.05, 4.69) is 16.5 Å². The van der Waals surface area contributed by atoms with E-state index in [9.17, 15) is 4.79 Å². The fourth-order valence-corrected chi connectivity index (χ4v) is 4.65. The van der Waals surface area contributed by atoms with Crippen molar-refractivity contribution in [3.63, 3.8) is 0 Å². The maximum absolute atomic E-state index is 13.2. The number of carbonyl (C=O) groups excluding carboxylic acids is 1. The van der Waals surface area contributed by atoms with Crippen LogP contribution in [0.4, 0.5) is 0 Å². The van der Waals surface area contributed by atoms with Gasteiger partial charge in [0, 0.05) is 31.4 Å². The number of aromatic nitrogens is 2. The molecule has 1 amide bonds. The Morgan fingerprint density at radius 1 is 1.32 bits per heavy atom. The molecule has 0 aromatic carbocycles. The van der Waals surface area contributed by atoms with Crippen LogP contribution in [-0.4, -0.2) is 56.8 Å². The largest absolute Gasteiger partial charge is 0.335 e. The summed E-state index contributed by atoms with van der Waals surface area (Å²) in [7, 11) is 0. The lowest BCUT2D eigenvalue weighted by Crippen LogP contribution is -2.57. The number of hydrogen-bond acceptors (Lipinski definition) is 3. The number of pyridine rings is 1. The smallest absolute Gasteiger partial charge is 0.274 e. The maximum atomic E-state index is 13.2. The van der Waals surface area contributed by atoms with Gasteiger partial charge in [-0.05, 0) is 51.3 Å². The molecule has 1 spiro atoms. The first kappa shape index (κ1) is 16.3. The molecule has 0 bridgehead atoms. The number of nitrogens with zero attached hydrogens (tertiary/aromatic N) is 4. The van der Waals surface area contributed by atoms with Crippen LogP contribution >= 0.6 is 0 Å². The van der Waals surface area contributed by atoms with Crippen molar-refractivity contribution in [3.8, 4) is 0 Å². The number of piperidine rings is 1. The maximum Gasteiger partial charge on any atom is 0.274 e. The number of rotatable bonds is 3. The van der Waals surface area contributed by atoms with Crippen LogP contribution in [0.3, 0.4) is 0 Å². The van der Waals surface area contributed by atoms with Crippen molar-refractivity contribution < 1.29 is 4.79 Å². The molecule has 2 aromatic heterocycles. The Morgan fingerprint density at radius 3 is 2.88 bits per heavy atom. The zero-order chi connectivity index (χ0) is 17.4. The molecule has 1 atom stereocenters. The molecule has 25 heavy (non-hydrogen) atoms. The molecule has 2 saturated heterocycles. The van der Waals surface area contributed by atoms with Gasteiger partial charge in [0.15, 0.2) is 0 Å². The average Bonchev–Trinajstić information content (AvgIpc) is 3.17. The zero-order valence-corrected chi connectivity index (χ0v) is 14.9. The van der Waals surface area contributed by atoms with E-state index in [0.717, 1.165) is 43.9 Å². The normalized spacial score (nSPS) is 24.3. The third-order valence-electron chi connectivity index (χ3n) is 5.90. The second-order valence-electron chi connectivity index (χ2n) is 7.37. The standard InChI is InChI=1S/C20H26N4O/c1-3-11-23-13-7-10-20(23)9-6-12-22(15-20)19(25)18-16(2)24-14-5-4-8-17(24)21-18/h3-5,8,14H,1,6-7,9-13,15H2,2H3. The van der Waals surface area contributed by atoms with Gasteiger partial charge >= 0.3 is 0 Å². The second-order valence-corrected chi connectivity index (χ2v) is 7.37. The molecular formula is C20H26N4O. The van der Waals surface area contributed by atoms with Gasteiger partial charge in [-0.2, -0.15) is 0 Å². The van der Waals surface area contributed by atoms with Gasteiger partial charge in [0.2, 0.25) is 0 Å². The summed E-state index contributed by atoms with van der Waals surface area (Å²) in [5.74, 6) is 0.0747. The summed E-state index contributed by atoms with van der Waals surface area (Å²) in [6, 6.07) is 5.87. The first-order chi connectivity index (χ1) is 12.1. The SMILES string of the molecule is C=CCN1CCCC12CCCN(C(=O)c1nc3ccccn3c1C)C2. The predicted molar refractivity (Wildman–Crippen MR) is 98.8 cm³/mol. The van der Waals surface area contributed by atoms with Crippen molar-refractivity contribution >= 4 is 11.6 Å². The summed E-state index contributed by atoms with van der Waals surface area (Å²) in [6.07, 6.45) is 8.58. The van der Waals surface area contributed by atoms with Gasteiger partial charge in [-0.1, -0.05) is 12.1 Å². The molecule has 5 nitrogen and oxygen atoms in total. The highest BCUT2D eigenvalue weighted by atomic mass is 16.2. The molecule has 5 heteroatoms. The average molecular weight is 338 g/mol. The molecule has 2 aliphatic heterocycles. The lowest BCUT2D eigenvalue weighted by atomic mass is 9.86.